The van der Waals surface area contributed by atoms with Crippen molar-refractivity contribution in [1.82, 2.24) is 4.98 Å². The molecule has 0 aliphatic rings. The lowest BCUT2D eigenvalue weighted by Gasteiger charge is -2.09. The highest BCUT2D eigenvalue weighted by molar-refractivity contribution is 6.30. The third-order valence-electron chi connectivity index (χ3n) is 3.32. The van der Waals surface area contributed by atoms with Gasteiger partial charge in [0.05, 0.1) is 17.6 Å². The van der Waals surface area contributed by atoms with E-state index in [-0.39, 0.29) is 11.6 Å². The van der Waals surface area contributed by atoms with Gasteiger partial charge >= 0.3 is 0 Å². The standard InChI is InChI=1S/C18H12ClF2N3O/c19-12-3-1-11(2-4-12)18(25)23-14-6-8-17(22-10-14)24-16-7-5-13(20)9-15(16)21/h1-10H,(H,22,24)(H,23,25). The van der Waals surface area contributed by atoms with Crippen molar-refractivity contribution in [2.24, 2.45) is 0 Å². The Morgan fingerprint density at radius 3 is 2.40 bits per heavy atom. The normalized spacial score (nSPS) is 10.4. The zero-order valence-corrected chi connectivity index (χ0v) is 13.5. The number of hydrogen-bond donors (Lipinski definition) is 2. The van der Waals surface area contributed by atoms with Gasteiger partial charge in [0, 0.05) is 16.7 Å². The molecular weight excluding hydrogens is 348 g/mol. The van der Waals surface area contributed by atoms with Crippen molar-refractivity contribution in [3.63, 3.8) is 0 Å². The number of amides is 1. The highest BCUT2D eigenvalue weighted by Gasteiger charge is 2.07. The predicted molar refractivity (Wildman–Crippen MR) is 93.3 cm³/mol. The third kappa shape index (κ3) is 4.30. The van der Waals surface area contributed by atoms with Crippen LogP contribution < -0.4 is 10.6 Å². The van der Waals surface area contributed by atoms with E-state index in [1.807, 2.05) is 0 Å². The van der Waals surface area contributed by atoms with Crippen molar-refractivity contribution in [1.29, 1.82) is 0 Å². The van der Waals surface area contributed by atoms with Crippen LogP contribution in [0.25, 0.3) is 0 Å². The molecule has 4 nitrogen and oxygen atoms in total. The Hall–Kier alpha value is -2.99. The van der Waals surface area contributed by atoms with Gasteiger partial charge in [-0.05, 0) is 48.5 Å². The zero-order chi connectivity index (χ0) is 17.8. The number of nitrogens with one attached hydrogen (secondary N) is 2. The fraction of sp³-hybridized carbons (Fsp3) is 0. The topological polar surface area (TPSA) is 54.0 Å². The van der Waals surface area contributed by atoms with Crippen LogP contribution in [-0.4, -0.2) is 10.9 Å². The van der Waals surface area contributed by atoms with Crippen LogP contribution in [0, 0.1) is 11.6 Å². The molecule has 0 unspecified atom stereocenters. The monoisotopic (exact) mass is 359 g/mol. The molecule has 0 bridgehead atoms. The second-order valence-corrected chi connectivity index (χ2v) is 5.58. The fourth-order valence-electron chi connectivity index (χ4n) is 2.08. The quantitative estimate of drug-likeness (QED) is 0.688. The molecule has 0 radical (unpaired) electrons. The average molecular weight is 360 g/mol. The number of halogens is 3. The molecule has 3 aromatic rings. The van der Waals surface area contributed by atoms with E-state index in [1.165, 1.54) is 12.3 Å². The number of benzene rings is 2. The molecule has 0 saturated heterocycles. The number of carbonyl (C=O) groups is 1. The van der Waals surface area contributed by atoms with E-state index in [4.69, 9.17) is 11.6 Å². The summed E-state index contributed by atoms with van der Waals surface area (Å²) in [5, 5.41) is 5.97. The number of hydrogen-bond acceptors (Lipinski definition) is 3. The van der Waals surface area contributed by atoms with Crippen LogP contribution in [-0.2, 0) is 0 Å². The molecule has 0 spiro atoms. The van der Waals surface area contributed by atoms with E-state index in [1.54, 1.807) is 36.4 Å². The van der Waals surface area contributed by atoms with Crippen LogP contribution in [0.15, 0.2) is 60.8 Å². The Labute approximate surface area is 147 Å². The van der Waals surface area contributed by atoms with Crippen LogP contribution in [0.4, 0.5) is 26.0 Å². The van der Waals surface area contributed by atoms with Gasteiger partial charge in [0.1, 0.15) is 17.5 Å². The molecule has 1 aromatic heterocycles. The summed E-state index contributed by atoms with van der Waals surface area (Å²) < 4.78 is 26.5. The van der Waals surface area contributed by atoms with E-state index in [9.17, 15) is 13.6 Å². The Balaban J connectivity index is 1.67. The summed E-state index contributed by atoms with van der Waals surface area (Å²) in [6.07, 6.45) is 1.43. The average Bonchev–Trinajstić information content (AvgIpc) is 2.59. The molecule has 0 fully saturated rings. The van der Waals surface area contributed by atoms with Gasteiger partial charge in [0.15, 0.2) is 0 Å². The minimum atomic E-state index is -0.720. The summed E-state index contributed by atoms with van der Waals surface area (Å²) in [5.41, 5.74) is 1.04. The van der Waals surface area contributed by atoms with Crippen molar-refractivity contribution >= 4 is 34.7 Å². The molecule has 0 saturated carbocycles. The Morgan fingerprint density at radius 1 is 1.00 bits per heavy atom. The number of pyridine rings is 1. The molecule has 7 heteroatoms. The minimum Gasteiger partial charge on any atom is -0.338 e. The van der Waals surface area contributed by atoms with Gasteiger partial charge in [0.25, 0.3) is 5.91 Å². The Morgan fingerprint density at radius 2 is 1.76 bits per heavy atom. The van der Waals surface area contributed by atoms with Gasteiger partial charge in [-0.1, -0.05) is 11.6 Å². The molecule has 0 aliphatic heterocycles. The smallest absolute Gasteiger partial charge is 0.255 e. The molecule has 0 atom stereocenters. The van der Waals surface area contributed by atoms with Crippen LogP contribution in [0.3, 0.4) is 0 Å². The molecule has 3 rings (SSSR count). The highest BCUT2D eigenvalue weighted by atomic mass is 35.5. The number of carbonyl (C=O) groups excluding carboxylic acids is 1. The van der Waals surface area contributed by atoms with Gasteiger partial charge in [-0.3, -0.25) is 4.79 Å². The minimum absolute atomic E-state index is 0.104. The first-order valence-electron chi connectivity index (χ1n) is 7.26. The first kappa shape index (κ1) is 16.9. The Bertz CT molecular complexity index is 899. The molecule has 2 aromatic carbocycles. The first-order chi connectivity index (χ1) is 12.0. The predicted octanol–water partition coefficient (Wildman–Crippen LogP) is 5.01. The van der Waals surface area contributed by atoms with Crippen molar-refractivity contribution < 1.29 is 13.6 Å². The summed E-state index contributed by atoms with van der Waals surface area (Å²) in [4.78, 5) is 16.2. The molecule has 1 amide bonds. The highest BCUT2D eigenvalue weighted by Crippen LogP contribution is 2.20. The summed E-state index contributed by atoms with van der Waals surface area (Å²) in [5.74, 6) is -1.32. The summed E-state index contributed by atoms with van der Waals surface area (Å²) in [7, 11) is 0. The second kappa shape index (κ2) is 7.27. The molecule has 2 N–H and O–H groups in total. The summed E-state index contributed by atoms with van der Waals surface area (Å²) >= 11 is 5.78. The van der Waals surface area contributed by atoms with Crippen LogP contribution in [0.5, 0.6) is 0 Å². The van der Waals surface area contributed by atoms with E-state index in [2.05, 4.69) is 15.6 Å². The molecule has 126 valence electrons. The first-order valence-corrected chi connectivity index (χ1v) is 7.64. The maximum absolute atomic E-state index is 13.6. The van der Waals surface area contributed by atoms with Gasteiger partial charge in [0.2, 0.25) is 0 Å². The molecule has 0 aliphatic carbocycles. The number of rotatable bonds is 4. The maximum atomic E-state index is 13.6. The zero-order valence-electron chi connectivity index (χ0n) is 12.8. The number of nitrogens with zero attached hydrogens (tertiary/aromatic N) is 1. The van der Waals surface area contributed by atoms with E-state index in [0.29, 0.717) is 22.1 Å². The van der Waals surface area contributed by atoms with E-state index >= 15 is 0 Å². The van der Waals surface area contributed by atoms with Crippen molar-refractivity contribution in [2.75, 3.05) is 10.6 Å². The van der Waals surface area contributed by atoms with Crippen LogP contribution >= 0.6 is 11.6 Å². The lowest BCUT2D eigenvalue weighted by molar-refractivity contribution is 0.102. The van der Waals surface area contributed by atoms with Gasteiger partial charge in [-0.2, -0.15) is 0 Å². The molecular formula is C18H12ClF2N3O. The van der Waals surface area contributed by atoms with E-state index in [0.717, 1.165) is 12.1 Å². The van der Waals surface area contributed by atoms with Crippen molar-refractivity contribution in [3.05, 3.63) is 83.0 Å². The van der Waals surface area contributed by atoms with Crippen molar-refractivity contribution in [2.45, 2.75) is 0 Å². The number of anilines is 3. The Kier molecular flexibility index (Phi) is 4.90. The summed E-state index contributed by atoms with van der Waals surface area (Å²) in [6.45, 7) is 0. The molecule has 1 heterocycles. The lowest BCUT2D eigenvalue weighted by Crippen LogP contribution is -2.11. The van der Waals surface area contributed by atoms with Gasteiger partial charge in [-0.15, -0.1) is 0 Å². The van der Waals surface area contributed by atoms with Crippen LogP contribution in [0.1, 0.15) is 10.4 Å². The largest absolute Gasteiger partial charge is 0.338 e. The maximum Gasteiger partial charge on any atom is 0.255 e. The molecule has 25 heavy (non-hydrogen) atoms. The van der Waals surface area contributed by atoms with Crippen molar-refractivity contribution in [3.8, 4) is 0 Å². The third-order valence-corrected chi connectivity index (χ3v) is 3.57. The fourth-order valence-corrected chi connectivity index (χ4v) is 2.20. The SMILES string of the molecule is O=C(Nc1ccc(Nc2ccc(F)cc2F)nc1)c1ccc(Cl)cc1. The van der Waals surface area contributed by atoms with Gasteiger partial charge in [-0.25, -0.2) is 13.8 Å². The second-order valence-electron chi connectivity index (χ2n) is 5.14. The summed E-state index contributed by atoms with van der Waals surface area (Å²) in [6, 6.07) is 12.9. The van der Waals surface area contributed by atoms with E-state index < -0.39 is 11.6 Å². The lowest BCUT2D eigenvalue weighted by atomic mass is 10.2. The number of aromatic nitrogens is 1. The van der Waals surface area contributed by atoms with Crippen LogP contribution in [0.2, 0.25) is 5.02 Å². The van der Waals surface area contributed by atoms with Gasteiger partial charge < -0.3 is 10.6 Å².